The van der Waals surface area contributed by atoms with Crippen LogP contribution in [0.3, 0.4) is 0 Å². The van der Waals surface area contributed by atoms with E-state index in [4.69, 9.17) is 5.11 Å². The van der Waals surface area contributed by atoms with E-state index in [1.807, 2.05) is 11.9 Å². The van der Waals surface area contributed by atoms with Crippen LogP contribution in [0.5, 0.6) is 0 Å². The second-order valence-corrected chi connectivity index (χ2v) is 4.23. The Kier molecular flexibility index (Phi) is 7.54. The van der Waals surface area contributed by atoms with Crippen molar-refractivity contribution in [2.24, 2.45) is 0 Å². The Labute approximate surface area is 97.0 Å². The number of likely N-dealkylation sites (N-methyl/N-ethyl adjacent to an activating group) is 2. The molecule has 0 bridgehead atoms. The summed E-state index contributed by atoms with van der Waals surface area (Å²) in [6.45, 7) is 1.26. The number of aliphatic carboxylic acids is 1. The molecule has 16 heavy (non-hydrogen) atoms. The lowest BCUT2D eigenvalue weighted by Gasteiger charge is -2.18. The van der Waals surface area contributed by atoms with E-state index in [1.54, 1.807) is 19.0 Å². The van der Waals surface area contributed by atoms with Crippen LogP contribution in [0.4, 0.5) is 0 Å². The van der Waals surface area contributed by atoms with Gasteiger partial charge in [-0.15, -0.1) is 0 Å². The van der Waals surface area contributed by atoms with Gasteiger partial charge in [0.15, 0.2) is 0 Å². The molecular weight excluding hydrogens is 208 g/mol. The number of carboxylic acid groups (broad SMARTS) is 1. The van der Waals surface area contributed by atoms with Crippen LogP contribution < -0.4 is 0 Å². The van der Waals surface area contributed by atoms with Gasteiger partial charge in [-0.25, -0.2) is 0 Å². The van der Waals surface area contributed by atoms with Gasteiger partial charge in [0, 0.05) is 20.5 Å². The lowest BCUT2D eigenvalue weighted by atomic mass is 10.2. The van der Waals surface area contributed by atoms with E-state index in [1.165, 1.54) is 0 Å². The molecule has 0 heterocycles. The van der Waals surface area contributed by atoms with Gasteiger partial charge < -0.3 is 10.0 Å². The third kappa shape index (κ3) is 8.23. The molecule has 94 valence electrons. The van der Waals surface area contributed by atoms with Crippen molar-refractivity contribution in [3.8, 4) is 0 Å². The summed E-state index contributed by atoms with van der Waals surface area (Å²) in [6.07, 6.45) is 2.78. The average molecular weight is 230 g/mol. The van der Waals surface area contributed by atoms with Gasteiger partial charge in [-0.05, 0) is 26.4 Å². The topological polar surface area (TPSA) is 60.9 Å². The van der Waals surface area contributed by atoms with Crippen molar-refractivity contribution in [2.75, 3.05) is 34.2 Å². The maximum Gasteiger partial charge on any atom is 0.303 e. The standard InChI is InChI=1S/C11H22N2O3/c1-12(2)10(14)9-13(3)8-6-4-5-7-11(15)16/h4-9H2,1-3H3,(H,15,16). The number of carboxylic acids is 1. The number of unbranched alkanes of at least 4 members (excludes halogenated alkanes) is 2. The molecule has 0 atom stereocenters. The number of nitrogens with zero attached hydrogens (tertiary/aromatic N) is 2. The minimum absolute atomic E-state index is 0.0908. The highest BCUT2D eigenvalue weighted by Crippen LogP contribution is 2.01. The zero-order valence-corrected chi connectivity index (χ0v) is 10.4. The molecule has 0 fully saturated rings. The Morgan fingerprint density at radius 1 is 1.06 bits per heavy atom. The second kappa shape index (κ2) is 8.10. The Hall–Kier alpha value is -1.10. The number of rotatable bonds is 8. The van der Waals surface area contributed by atoms with Crippen LogP contribution in [0.25, 0.3) is 0 Å². The van der Waals surface area contributed by atoms with Gasteiger partial charge >= 0.3 is 5.97 Å². The van der Waals surface area contributed by atoms with Gasteiger partial charge in [-0.3, -0.25) is 14.5 Å². The third-order valence-corrected chi connectivity index (χ3v) is 2.33. The monoisotopic (exact) mass is 230 g/mol. The molecule has 5 nitrogen and oxygen atoms in total. The maximum atomic E-state index is 11.3. The van der Waals surface area contributed by atoms with Crippen LogP contribution >= 0.6 is 0 Å². The molecule has 5 heteroatoms. The summed E-state index contributed by atoms with van der Waals surface area (Å²) < 4.78 is 0. The lowest BCUT2D eigenvalue weighted by Crippen LogP contribution is -2.34. The Morgan fingerprint density at radius 3 is 2.19 bits per heavy atom. The van der Waals surface area contributed by atoms with E-state index in [-0.39, 0.29) is 12.3 Å². The maximum absolute atomic E-state index is 11.3. The van der Waals surface area contributed by atoms with Gasteiger partial charge in [-0.1, -0.05) is 6.42 Å². The summed E-state index contributed by atoms with van der Waals surface area (Å²) in [6, 6.07) is 0. The Bertz CT molecular complexity index is 229. The van der Waals surface area contributed by atoms with Crippen LogP contribution in [-0.4, -0.2) is 61.0 Å². The highest BCUT2D eigenvalue weighted by molar-refractivity contribution is 5.77. The highest BCUT2D eigenvalue weighted by Gasteiger charge is 2.07. The molecule has 0 radical (unpaired) electrons. The summed E-state index contributed by atoms with van der Waals surface area (Å²) in [4.78, 5) is 25.1. The average Bonchev–Trinajstić information content (AvgIpc) is 2.16. The van der Waals surface area contributed by atoms with Crippen LogP contribution in [0.1, 0.15) is 25.7 Å². The molecule has 0 aliphatic rings. The van der Waals surface area contributed by atoms with Crippen molar-refractivity contribution in [1.29, 1.82) is 0 Å². The first-order chi connectivity index (χ1) is 7.43. The van der Waals surface area contributed by atoms with Gasteiger partial charge in [0.05, 0.1) is 6.54 Å². The first kappa shape index (κ1) is 14.9. The first-order valence-corrected chi connectivity index (χ1v) is 5.54. The molecule has 0 saturated heterocycles. The molecular formula is C11H22N2O3. The minimum atomic E-state index is -0.740. The van der Waals surface area contributed by atoms with Crippen molar-refractivity contribution in [2.45, 2.75) is 25.7 Å². The van der Waals surface area contributed by atoms with Crippen molar-refractivity contribution in [1.82, 2.24) is 9.80 Å². The van der Waals surface area contributed by atoms with E-state index >= 15 is 0 Å². The summed E-state index contributed by atoms with van der Waals surface area (Å²) in [5.74, 6) is -0.649. The molecule has 0 rings (SSSR count). The van der Waals surface area contributed by atoms with Crippen molar-refractivity contribution < 1.29 is 14.7 Å². The summed E-state index contributed by atoms with van der Waals surface area (Å²) in [5.41, 5.74) is 0. The molecule has 1 N–H and O–H groups in total. The second-order valence-electron chi connectivity index (χ2n) is 4.23. The number of amides is 1. The van der Waals surface area contributed by atoms with Gasteiger partial charge in [-0.2, -0.15) is 0 Å². The normalized spacial score (nSPS) is 10.5. The van der Waals surface area contributed by atoms with Crippen LogP contribution in [0.2, 0.25) is 0 Å². The molecule has 0 aliphatic heterocycles. The quantitative estimate of drug-likeness (QED) is 0.622. The van der Waals surface area contributed by atoms with Gasteiger partial charge in [0.1, 0.15) is 0 Å². The molecule has 0 aliphatic carbocycles. The van der Waals surface area contributed by atoms with Crippen LogP contribution in [0, 0.1) is 0 Å². The molecule has 0 aromatic heterocycles. The highest BCUT2D eigenvalue weighted by atomic mass is 16.4. The molecule has 1 amide bonds. The number of hydrogen-bond donors (Lipinski definition) is 1. The predicted molar refractivity (Wildman–Crippen MR) is 62.3 cm³/mol. The van der Waals surface area contributed by atoms with Gasteiger partial charge in [0.25, 0.3) is 0 Å². The predicted octanol–water partition coefficient (Wildman–Crippen LogP) is 0.651. The molecule has 0 saturated carbocycles. The van der Waals surface area contributed by atoms with Crippen molar-refractivity contribution in [3.05, 3.63) is 0 Å². The molecule has 0 aromatic carbocycles. The summed E-state index contributed by atoms with van der Waals surface area (Å²) >= 11 is 0. The van der Waals surface area contributed by atoms with Crippen molar-refractivity contribution in [3.63, 3.8) is 0 Å². The number of carbonyl (C=O) groups excluding carboxylic acids is 1. The third-order valence-electron chi connectivity index (χ3n) is 2.33. The van der Waals surface area contributed by atoms with Crippen LogP contribution in [-0.2, 0) is 9.59 Å². The van der Waals surface area contributed by atoms with E-state index in [9.17, 15) is 9.59 Å². The molecule has 0 unspecified atom stereocenters. The Morgan fingerprint density at radius 2 is 1.69 bits per heavy atom. The van der Waals surface area contributed by atoms with Crippen molar-refractivity contribution >= 4 is 11.9 Å². The largest absolute Gasteiger partial charge is 0.481 e. The summed E-state index contributed by atoms with van der Waals surface area (Å²) in [7, 11) is 5.38. The van der Waals surface area contributed by atoms with Crippen LogP contribution in [0.15, 0.2) is 0 Å². The number of hydrogen-bond acceptors (Lipinski definition) is 3. The molecule has 0 spiro atoms. The number of carbonyl (C=O) groups is 2. The Balaban J connectivity index is 3.47. The SMILES string of the molecule is CN(CCCCCC(=O)O)CC(=O)N(C)C. The minimum Gasteiger partial charge on any atom is -0.481 e. The fourth-order valence-electron chi connectivity index (χ4n) is 1.29. The lowest BCUT2D eigenvalue weighted by molar-refractivity contribution is -0.137. The summed E-state index contributed by atoms with van der Waals surface area (Å²) in [5, 5.41) is 8.44. The van der Waals surface area contributed by atoms with E-state index < -0.39 is 5.97 Å². The molecule has 0 aromatic rings. The first-order valence-electron chi connectivity index (χ1n) is 5.54. The zero-order chi connectivity index (χ0) is 12.6. The van der Waals surface area contributed by atoms with E-state index in [0.717, 1.165) is 19.4 Å². The van der Waals surface area contributed by atoms with Gasteiger partial charge in [0.2, 0.25) is 5.91 Å². The zero-order valence-electron chi connectivity index (χ0n) is 10.4. The fourth-order valence-corrected chi connectivity index (χ4v) is 1.29. The van der Waals surface area contributed by atoms with E-state index in [0.29, 0.717) is 13.0 Å². The van der Waals surface area contributed by atoms with E-state index in [2.05, 4.69) is 0 Å². The fraction of sp³-hybridized carbons (Fsp3) is 0.818. The smallest absolute Gasteiger partial charge is 0.303 e.